The summed E-state index contributed by atoms with van der Waals surface area (Å²) in [4.78, 5) is 7.20. The molecule has 0 saturated heterocycles. The van der Waals surface area contributed by atoms with Gasteiger partial charge in [-0.25, -0.2) is 0 Å². The van der Waals surface area contributed by atoms with E-state index in [1.54, 1.807) is 30.7 Å². The molecule has 1 rings (SSSR count). The number of aliphatic imine (C=N–C) groups is 1. The van der Waals surface area contributed by atoms with Gasteiger partial charge >= 0.3 is 0 Å². The highest BCUT2D eigenvalue weighted by Gasteiger charge is 1.81. The number of rotatable bonds is 1. The molecule has 48 valence electrons. The van der Waals surface area contributed by atoms with Gasteiger partial charge in [-0.3, -0.25) is 4.98 Å². The summed E-state index contributed by atoms with van der Waals surface area (Å²) in [5, 5.41) is 8.06. The van der Waals surface area contributed by atoms with E-state index in [1.165, 1.54) is 6.21 Å². The van der Waals surface area contributed by atoms with Crippen LogP contribution in [0.4, 0.5) is 0 Å². The van der Waals surface area contributed by atoms with Crippen LogP contribution < -0.4 is 0 Å². The molecule has 3 nitrogen and oxygen atoms in total. The molecule has 0 aliphatic carbocycles. The van der Waals surface area contributed by atoms with Crippen LogP contribution >= 0.6 is 0 Å². The summed E-state index contributed by atoms with van der Waals surface area (Å²) in [6.45, 7) is 0. The molecule has 1 heterocycles. The van der Waals surface area contributed by atoms with E-state index >= 15 is 0 Å². The van der Waals surface area contributed by atoms with E-state index in [1.807, 2.05) is 0 Å². The maximum atomic E-state index is 8.06. The Hall–Kier alpha value is -1.69. The van der Waals surface area contributed by atoms with Gasteiger partial charge in [0, 0.05) is 18.6 Å². The molecular weight excluding hydrogens is 126 g/mol. The second-order valence-electron chi connectivity index (χ2n) is 1.64. The molecule has 0 fully saturated rings. The van der Waals surface area contributed by atoms with E-state index in [0.717, 1.165) is 5.56 Å². The van der Waals surface area contributed by atoms with E-state index in [9.17, 15) is 0 Å². The fraction of sp³-hybridized carbons (Fsp3) is 0. The number of nitriles is 1. The van der Waals surface area contributed by atoms with Crippen molar-refractivity contribution in [1.82, 2.24) is 4.98 Å². The predicted molar refractivity (Wildman–Crippen MR) is 37.4 cm³/mol. The van der Waals surface area contributed by atoms with Gasteiger partial charge in [0.05, 0.1) is 0 Å². The zero-order chi connectivity index (χ0) is 7.23. The fourth-order valence-corrected chi connectivity index (χ4v) is 0.553. The van der Waals surface area contributed by atoms with Crippen molar-refractivity contribution in [3.8, 4) is 6.19 Å². The summed E-state index contributed by atoms with van der Waals surface area (Å²) >= 11 is 0. The first kappa shape index (κ1) is 6.43. The van der Waals surface area contributed by atoms with Gasteiger partial charge < -0.3 is 0 Å². The number of hydrogen-bond donors (Lipinski definition) is 0. The van der Waals surface area contributed by atoms with Crippen molar-refractivity contribution in [2.24, 2.45) is 4.99 Å². The molecule has 0 N–H and O–H groups in total. The second-order valence-corrected chi connectivity index (χ2v) is 1.64. The average Bonchev–Trinajstić information content (AvgIpc) is 2.03. The molecule has 0 saturated carbocycles. The highest BCUT2D eigenvalue weighted by atomic mass is 14.7. The minimum Gasteiger partial charge on any atom is -0.265 e. The van der Waals surface area contributed by atoms with Crippen molar-refractivity contribution >= 4 is 6.21 Å². The van der Waals surface area contributed by atoms with Crippen molar-refractivity contribution in [2.45, 2.75) is 0 Å². The molecule has 0 aliphatic rings. The molecule has 0 atom stereocenters. The molecule has 10 heavy (non-hydrogen) atoms. The minimum absolute atomic E-state index is 0.886. The van der Waals surface area contributed by atoms with E-state index < -0.39 is 0 Å². The lowest BCUT2D eigenvalue weighted by atomic mass is 10.3. The molecule has 0 unspecified atom stereocenters. The van der Waals surface area contributed by atoms with Gasteiger partial charge in [-0.15, -0.1) is 0 Å². The summed E-state index contributed by atoms with van der Waals surface area (Å²) in [6, 6.07) is 3.56. The van der Waals surface area contributed by atoms with Crippen molar-refractivity contribution < 1.29 is 0 Å². The Labute approximate surface area is 58.7 Å². The zero-order valence-electron chi connectivity index (χ0n) is 5.23. The highest BCUT2D eigenvalue weighted by Crippen LogP contribution is 1.89. The molecule has 0 aliphatic heterocycles. The molecule has 0 bridgehead atoms. The highest BCUT2D eigenvalue weighted by molar-refractivity contribution is 5.79. The van der Waals surface area contributed by atoms with Gasteiger partial charge in [-0.2, -0.15) is 10.3 Å². The molecule has 1 aromatic rings. The van der Waals surface area contributed by atoms with Crippen LogP contribution in [0.5, 0.6) is 0 Å². The van der Waals surface area contributed by atoms with Crippen LogP contribution in [0.3, 0.4) is 0 Å². The normalized spacial score (nSPS) is 9.50. The molecule has 0 radical (unpaired) electrons. The van der Waals surface area contributed by atoms with Crippen LogP contribution in [0.1, 0.15) is 5.56 Å². The zero-order valence-corrected chi connectivity index (χ0v) is 5.23. The first-order chi connectivity index (χ1) is 4.93. The summed E-state index contributed by atoms with van der Waals surface area (Å²) < 4.78 is 0. The van der Waals surface area contributed by atoms with Crippen LogP contribution in [-0.4, -0.2) is 11.2 Å². The molecular formula is C7H5N3. The van der Waals surface area contributed by atoms with Gasteiger partial charge in [-0.1, -0.05) is 0 Å². The first-order valence-electron chi connectivity index (χ1n) is 2.75. The monoisotopic (exact) mass is 131 g/mol. The summed E-state index contributed by atoms with van der Waals surface area (Å²) in [5.74, 6) is 0. The van der Waals surface area contributed by atoms with E-state index in [2.05, 4.69) is 9.98 Å². The third kappa shape index (κ3) is 1.67. The van der Waals surface area contributed by atoms with Gasteiger partial charge in [0.1, 0.15) is 0 Å². The molecule has 0 aromatic carbocycles. The average molecular weight is 131 g/mol. The summed E-state index contributed by atoms with van der Waals surface area (Å²) in [6.07, 6.45) is 6.46. The van der Waals surface area contributed by atoms with E-state index in [0.29, 0.717) is 0 Å². The van der Waals surface area contributed by atoms with Crippen LogP contribution in [0.2, 0.25) is 0 Å². The number of pyridine rings is 1. The Morgan fingerprint density at radius 2 is 2.20 bits per heavy atom. The van der Waals surface area contributed by atoms with Crippen LogP contribution in [0.15, 0.2) is 29.5 Å². The number of hydrogen-bond acceptors (Lipinski definition) is 3. The smallest absolute Gasteiger partial charge is 0.205 e. The molecule has 3 heteroatoms. The SMILES string of the molecule is N#CN=Cc1ccncc1. The van der Waals surface area contributed by atoms with Gasteiger partial charge in [-0.05, 0) is 17.7 Å². The maximum Gasteiger partial charge on any atom is 0.205 e. The van der Waals surface area contributed by atoms with Gasteiger partial charge in [0.25, 0.3) is 0 Å². The lowest BCUT2D eigenvalue weighted by Gasteiger charge is -1.84. The van der Waals surface area contributed by atoms with Gasteiger partial charge in [0.15, 0.2) is 0 Å². The van der Waals surface area contributed by atoms with E-state index in [-0.39, 0.29) is 0 Å². The predicted octanol–water partition coefficient (Wildman–Crippen LogP) is 0.982. The quantitative estimate of drug-likeness (QED) is 0.421. The number of nitrogens with zero attached hydrogens (tertiary/aromatic N) is 3. The maximum absolute atomic E-state index is 8.06. The standard InChI is InChI=1S/C7H5N3/c8-6-10-5-7-1-3-9-4-2-7/h1-5H. The Morgan fingerprint density at radius 1 is 1.50 bits per heavy atom. The summed E-state index contributed by atoms with van der Waals surface area (Å²) in [7, 11) is 0. The molecule has 1 aromatic heterocycles. The third-order valence-corrected chi connectivity index (χ3v) is 0.977. The van der Waals surface area contributed by atoms with Crippen molar-refractivity contribution in [3.05, 3.63) is 30.1 Å². The Morgan fingerprint density at radius 3 is 2.80 bits per heavy atom. The second kappa shape index (κ2) is 3.36. The third-order valence-electron chi connectivity index (χ3n) is 0.977. The number of aromatic nitrogens is 1. The molecule has 0 spiro atoms. The fourth-order valence-electron chi connectivity index (χ4n) is 0.553. The Bertz CT molecular complexity index is 258. The first-order valence-corrected chi connectivity index (χ1v) is 2.75. The lowest BCUT2D eigenvalue weighted by molar-refractivity contribution is 1.32. The molecule has 0 amide bonds. The van der Waals surface area contributed by atoms with Crippen LogP contribution in [0, 0.1) is 11.5 Å². The van der Waals surface area contributed by atoms with Crippen molar-refractivity contribution in [1.29, 1.82) is 5.26 Å². The largest absolute Gasteiger partial charge is 0.265 e. The Balaban J connectivity index is 2.79. The van der Waals surface area contributed by atoms with Crippen molar-refractivity contribution in [3.63, 3.8) is 0 Å². The van der Waals surface area contributed by atoms with E-state index in [4.69, 9.17) is 5.26 Å². The topological polar surface area (TPSA) is 49.0 Å². The van der Waals surface area contributed by atoms with Crippen molar-refractivity contribution in [2.75, 3.05) is 0 Å². The lowest BCUT2D eigenvalue weighted by Crippen LogP contribution is -1.78. The minimum atomic E-state index is 0.886. The van der Waals surface area contributed by atoms with Crippen LogP contribution in [0.25, 0.3) is 0 Å². The summed E-state index contributed by atoms with van der Waals surface area (Å²) in [5.41, 5.74) is 0.886. The van der Waals surface area contributed by atoms with Gasteiger partial charge in [0.2, 0.25) is 6.19 Å². The Kier molecular flexibility index (Phi) is 2.16. The van der Waals surface area contributed by atoms with Crippen LogP contribution in [-0.2, 0) is 0 Å².